The van der Waals surface area contributed by atoms with E-state index in [0.717, 1.165) is 42.0 Å². The van der Waals surface area contributed by atoms with Crippen LogP contribution in [0.3, 0.4) is 0 Å². The van der Waals surface area contributed by atoms with Crippen molar-refractivity contribution in [1.29, 1.82) is 0 Å². The number of likely N-dealkylation sites (N-methyl/N-ethyl adjacent to an activating group) is 1. The highest BCUT2D eigenvalue weighted by atomic mass is 19.1. The molecule has 1 aliphatic heterocycles. The van der Waals surface area contributed by atoms with Gasteiger partial charge in [0.2, 0.25) is 5.91 Å². The van der Waals surface area contributed by atoms with Gasteiger partial charge in [0.05, 0.1) is 6.04 Å². The van der Waals surface area contributed by atoms with Crippen LogP contribution in [0.4, 0.5) is 15.8 Å². The average Bonchev–Trinajstić information content (AvgIpc) is 3.30. The number of carbonyl (C=O) groups is 2. The summed E-state index contributed by atoms with van der Waals surface area (Å²) in [5.74, 6) is -0.378. The van der Waals surface area contributed by atoms with Gasteiger partial charge in [-0.2, -0.15) is 0 Å². The van der Waals surface area contributed by atoms with Crippen molar-refractivity contribution in [2.75, 3.05) is 30.4 Å². The molecule has 4 rings (SSSR count). The molecule has 1 unspecified atom stereocenters. The van der Waals surface area contributed by atoms with Crippen molar-refractivity contribution in [3.63, 3.8) is 0 Å². The molecule has 0 aromatic heterocycles. The van der Waals surface area contributed by atoms with Crippen LogP contribution in [-0.2, 0) is 4.79 Å². The van der Waals surface area contributed by atoms with Gasteiger partial charge in [0, 0.05) is 44.0 Å². The number of hydrogen-bond acceptors (Lipinski definition) is 3. The van der Waals surface area contributed by atoms with E-state index < -0.39 is 0 Å². The second-order valence-corrected chi connectivity index (χ2v) is 8.10. The number of anilines is 2. The van der Waals surface area contributed by atoms with Gasteiger partial charge >= 0.3 is 0 Å². The zero-order valence-electron chi connectivity index (χ0n) is 18.2. The highest BCUT2D eigenvalue weighted by molar-refractivity contribution is 6.04. The van der Waals surface area contributed by atoms with Crippen LogP contribution in [0, 0.1) is 5.82 Å². The first-order valence-electron chi connectivity index (χ1n) is 10.7. The van der Waals surface area contributed by atoms with Crippen molar-refractivity contribution in [2.45, 2.75) is 19.4 Å². The third-order valence-corrected chi connectivity index (χ3v) is 6.02. The Bertz CT molecular complexity index is 1100. The largest absolute Gasteiger partial charge is 0.369 e. The van der Waals surface area contributed by atoms with Crippen molar-refractivity contribution in [1.82, 2.24) is 4.90 Å². The van der Waals surface area contributed by atoms with E-state index in [-0.39, 0.29) is 23.7 Å². The van der Waals surface area contributed by atoms with E-state index in [2.05, 4.69) is 10.2 Å². The number of carbonyl (C=O) groups excluding carboxylic acids is 2. The first-order valence-corrected chi connectivity index (χ1v) is 10.7. The number of nitrogens with zero attached hydrogens (tertiary/aromatic N) is 2. The summed E-state index contributed by atoms with van der Waals surface area (Å²) < 4.78 is 13.1. The van der Waals surface area contributed by atoms with Gasteiger partial charge in [0.15, 0.2) is 0 Å². The lowest BCUT2D eigenvalue weighted by Gasteiger charge is -2.24. The van der Waals surface area contributed by atoms with Gasteiger partial charge in [-0.25, -0.2) is 4.39 Å². The Morgan fingerprint density at radius 3 is 2.12 bits per heavy atom. The van der Waals surface area contributed by atoms with Crippen LogP contribution in [0.1, 0.15) is 23.7 Å². The molecule has 2 amide bonds. The molecule has 164 valence electrons. The summed E-state index contributed by atoms with van der Waals surface area (Å²) >= 11 is 0. The third-order valence-electron chi connectivity index (χ3n) is 6.02. The zero-order valence-corrected chi connectivity index (χ0v) is 18.2. The molecule has 1 saturated heterocycles. The Labute approximate surface area is 187 Å². The van der Waals surface area contributed by atoms with Crippen molar-refractivity contribution in [2.24, 2.45) is 0 Å². The molecule has 0 spiro atoms. The van der Waals surface area contributed by atoms with Gasteiger partial charge in [-0.3, -0.25) is 9.59 Å². The van der Waals surface area contributed by atoms with E-state index in [0.29, 0.717) is 5.56 Å². The van der Waals surface area contributed by atoms with Crippen LogP contribution in [-0.4, -0.2) is 42.9 Å². The van der Waals surface area contributed by atoms with E-state index in [9.17, 15) is 14.0 Å². The van der Waals surface area contributed by atoms with Gasteiger partial charge in [-0.1, -0.05) is 24.3 Å². The molecule has 1 N–H and O–H groups in total. The molecule has 3 aromatic carbocycles. The van der Waals surface area contributed by atoms with Gasteiger partial charge in [0.1, 0.15) is 5.82 Å². The van der Waals surface area contributed by atoms with Crippen LogP contribution < -0.4 is 10.2 Å². The van der Waals surface area contributed by atoms with E-state index >= 15 is 0 Å². The van der Waals surface area contributed by atoms with Gasteiger partial charge in [0.25, 0.3) is 5.91 Å². The highest BCUT2D eigenvalue weighted by Gasteiger charge is 2.27. The molecule has 0 aliphatic carbocycles. The minimum atomic E-state index is -0.274. The molecule has 1 fully saturated rings. The second-order valence-electron chi connectivity index (χ2n) is 8.10. The Morgan fingerprint density at radius 1 is 0.938 bits per heavy atom. The van der Waals surface area contributed by atoms with Gasteiger partial charge < -0.3 is 15.1 Å². The monoisotopic (exact) mass is 431 g/mol. The summed E-state index contributed by atoms with van der Waals surface area (Å²) in [6, 6.07) is 21.5. The van der Waals surface area contributed by atoms with Crippen molar-refractivity contribution in [3.05, 3.63) is 84.2 Å². The van der Waals surface area contributed by atoms with E-state index in [1.54, 1.807) is 36.1 Å². The summed E-state index contributed by atoms with van der Waals surface area (Å²) in [4.78, 5) is 28.3. The molecule has 1 aliphatic rings. The van der Waals surface area contributed by atoms with E-state index in [1.807, 2.05) is 43.4 Å². The van der Waals surface area contributed by atoms with E-state index in [4.69, 9.17) is 0 Å². The summed E-state index contributed by atoms with van der Waals surface area (Å²) in [5, 5.41) is 2.92. The summed E-state index contributed by atoms with van der Waals surface area (Å²) in [5.41, 5.74) is 4.16. The predicted molar refractivity (Wildman–Crippen MR) is 125 cm³/mol. The fraction of sp³-hybridized carbons (Fsp3) is 0.231. The maximum Gasteiger partial charge on any atom is 0.255 e. The second kappa shape index (κ2) is 9.22. The van der Waals surface area contributed by atoms with Crippen LogP contribution in [0.25, 0.3) is 11.1 Å². The smallest absolute Gasteiger partial charge is 0.255 e. The van der Waals surface area contributed by atoms with Crippen molar-refractivity contribution in [3.8, 4) is 11.1 Å². The molecule has 32 heavy (non-hydrogen) atoms. The number of nitrogens with one attached hydrogen (secondary N) is 1. The summed E-state index contributed by atoms with van der Waals surface area (Å²) in [6.07, 6.45) is 0.947. The Balaban J connectivity index is 1.37. The topological polar surface area (TPSA) is 52.7 Å². The summed E-state index contributed by atoms with van der Waals surface area (Å²) in [6.45, 7) is 3.30. The molecular formula is C26H26FN3O2. The molecule has 1 heterocycles. The number of rotatable bonds is 5. The maximum atomic E-state index is 13.1. The zero-order chi connectivity index (χ0) is 22.7. The first-order chi connectivity index (χ1) is 15.4. The Kier molecular flexibility index (Phi) is 6.21. The van der Waals surface area contributed by atoms with Gasteiger partial charge in [-0.05, 0) is 66.1 Å². The van der Waals surface area contributed by atoms with Crippen LogP contribution in [0.15, 0.2) is 72.8 Å². The van der Waals surface area contributed by atoms with Gasteiger partial charge in [-0.15, -0.1) is 0 Å². The first kappa shape index (κ1) is 21.6. The predicted octanol–water partition coefficient (Wildman–Crippen LogP) is 4.80. The van der Waals surface area contributed by atoms with Crippen molar-refractivity contribution < 1.29 is 14.0 Å². The molecule has 0 bridgehead atoms. The molecule has 1 atom stereocenters. The lowest BCUT2D eigenvalue weighted by molar-refractivity contribution is -0.129. The fourth-order valence-electron chi connectivity index (χ4n) is 3.96. The minimum Gasteiger partial charge on any atom is -0.369 e. The lowest BCUT2D eigenvalue weighted by Crippen LogP contribution is -2.37. The summed E-state index contributed by atoms with van der Waals surface area (Å²) in [7, 11) is 1.85. The molecule has 6 heteroatoms. The Hall–Kier alpha value is -3.67. The number of amides is 2. The van der Waals surface area contributed by atoms with Crippen LogP contribution in [0.5, 0.6) is 0 Å². The molecule has 3 aromatic rings. The van der Waals surface area contributed by atoms with Crippen LogP contribution in [0.2, 0.25) is 0 Å². The van der Waals surface area contributed by atoms with Crippen molar-refractivity contribution >= 4 is 23.2 Å². The molecule has 5 nitrogen and oxygen atoms in total. The number of halogens is 1. The molecule has 0 radical (unpaired) electrons. The Morgan fingerprint density at radius 2 is 1.53 bits per heavy atom. The number of hydrogen-bond donors (Lipinski definition) is 1. The quantitative estimate of drug-likeness (QED) is 0.631. The third kappa shape index (κ3) is 4.80. The normalized spacial score (nSPS) is 15.5. The molecule has 0 saturated carbocycles. The molecular weight excluding hydrogens is 405 g/mol. The van der Waals surface area contributed by atoms with Crippen LogP contribution >= 0.6 is 0 Å². The standard InChI is InChI=1S/C26H26FN3O2/c1-18(31)29(2)25-15-16-30(17-25)24-13-11-23(12-14-24)28-26(32)21-5-3-19(4-6-21)20-7-9-22(27)10-8-20/h3-14,25H,15-17H2,1-2H3,(H,28,32). The minimum absolute atomic E-state index is 0.0839. The van der Waals surface area contributed by atoms with E-state index in [1.165, 1.54) is 12.1 Å². The SMILES string of the molecule is CC(=O)N(C)C1CCN(c2ccc(NC(=O)c3ccc(-c4ccc(F)cc4)cc3)cc2)C1. The lowest BCUT2D eigenvalue weighted by atomic mass is 10.0. The highest BCUT2D eigenvalue weighted by Crippen LogP contribution is 2.25. The fourth-order valence-corrected chi connectivity index (χ4v) is 3.96. The average molecular weight is 432 g/mol. The maximum absolute atomic E-state index is 13.1. The number of benzene rings is 3.